The van der Waals surface area contributed by atoms with Crippen LogP contribution in [-0.2, 0) is 21.6 Å². The summed E-state index contributed by atoms with van der Waals surface area (Å²) in [6.07, 6.45) is 3.31. The van der Waals surface area contributed by atoms with Crippen molar-refractivity contribution in [3.8, 4) is 22.5 Å². The molecule has 3 rings (SSSR count). The Bertz CT molecular complexity index is 1090. The molecule has 164 valence electrons. The Morgan fingerprint density at radius 3 is 1.48 bits per heavy atom. The number of benzene rings is 2. The van der Waals surface area contributed by atoms with E-state index in [2.05, 4.69) is 42.8 Å². The maximum Gasteiger partial charge on any atom is 0.246 e. The van der Waals surface area contributed by atoms with Gasteiger partial charge in [-0.2, -0.15) is 0 Å². The first kappa shape index (κ1) is 23.2. The molecule has 1 heterocycles. The van der Waals surface area contributed by atoms with E-state index in [4.69, 9.17) is 4.98 Å². The monoisotopic (exact) mass is 456 g/mol. The highest BCUT2D eigenvalue weighted by atomic mass is 32.2. The van der Waals surface area contributed by atoms with E-state index >= 15 is 0 Å². The Balaban J connectivity index is 2.17. The van der Waals surface area contributed by atoms with Crippen LogP contribution in [0.1, 0.15) is 27.7 Å². The molecule has 3 aromatic rings. The summed E-state index contributed by atoms with van der Waals surface area (Å²) in [4.78, 5) is 8.55. The minimum Gasteiger partial charge on any atom is -0.335 e. The molecule has 0 saturated carbocycles. The summed E-state index contributed by atoms with van der Waals surface area (Å²) in [5.74, 6) is 0.568. The normalized spacial score (nSPS) is 13.4. The first-order chi connectivity index (χ1) is 14.7. The van der Waals surface area contributed by atoms with Crippen LogP contribution in [0.25, 0.3) is 22.5 Å². The van der Waals surface area contributed by atoms with Gasteiger partial charge in [0.1, 0.15) is 11.4 Å². The topological polar surface area (TPSA) is 76.1 Å². The molecule has 0 spiro atoms. The van der Waals surface area contributed by atoms with Crippen molar-refractivity contribution in [1.82, 2.24) is 15.2 Å². The lowest BCUT2D eigenvalue weighted by molar-refractivity contribution is 0.586. The summed E-state index contributed by atoms with van der Waals surface area (Å²) in [5.41, 5.74) is 3.07. The van der Waals surface area contributed by atoms with Crippen LogP contribution in [0.4, 0.5) is 5.95 Å². The van der Waals surface area contributed by atoms with Crippen molar-refractivity contribution < 1.29 is 8.42 Å². The number of nitrogens with zero attached hydrogens (tertiary/aromatic N) is 4. The van der Waals surface area contributed by atoms with E-state index < -0.39 is 21.6 Å². The lowest BCUT2D eigenvalue weighted by Crippen LogP contribution is -2.38. The smallest absolute Gasteiger partial charge is 0.246 e. The molecule has 1 aromatic heterocycles. The molecule has 0 aliphatic heterocycles. The van der Waals surface area contributed by atoms with E-state index in [1.165, 1.54) is 0 Å². The Morgan fingerprint density at radius 1 is 0.677 bits per heavy atom. The van der Waals surface area contributed by atoms with Crippen molar-refractivity contribution >= 4 is 27.5 Å². The molecule has 6 nitrogen and oxygen atoms in total. The van der Waals surface area contributed by atoms with Crippen molar-refractivity contribution in [2.24, 2.45) is 0 Å². The van der Waals surface area contributed by atoms with Crippen LogP contribution in [0.2, 0.25) is 0 Å². The van der Waals surface area contributed by atoms with Gasteiger partial charge < -0.3 is 4.90 Å². The van der Waals surface area contributed by atoms with E-state index in [1.807, 2.05) is 48.5 Å². The van der Waals surface area contributed by atoms with E-state index in [1.54, 1.807) is 12.5 Å². The molecule has 8 heteroatoms. The standard InChI is InChI=1S/C23H28N4O2S2/c1-15(2)27(16(3)4)23-24-21(17-7-11-19(12-8-17)30(5)28)22(25-26-23)18-9-13-20(14-10-18)31(6)29/h7-16H,1-6H3. The van der Waals surface area contributed by atoms with Gasteiger partial charge in [-0.15, -0.1) is 10.2 Å². The highest BCUT2D eigenvalue weighted by Gasteiger charge is 2.21. The minimum absolute atomic E-state index is 0.212. The second-order valence-electron chi connectivity index (χ2n) is 7.86. The molecular weight excluding hydrogens is 428 g/mol. The molecule has 2 unspecified atom stereocenters. The molecule has 2 atom stereocenters. The van der Waals surface area contributed by atoms with Gasteiger partial charge in [0, 0.05) is 67.1 Å². The number of hydrogen-bond acceptors (Lipinski definition) is 6. The lowest BCUT2D eigenvalue weighted by atomic mass is 10.0. The highest BCUT2D eigenvalue weighted by Crippen LogP contribution is 2.31. The third-order valence-electron chi connectivity index (χ3n) is 4.94. The van der Waals surface area contributed by atoms with Gasteiger partial charge in [0.15, 0.2) is 0 Å². The van der Waals surface area contributed by atoms with Crippen LogP contribution in [0.15, 0.2) is 58.3 Å². The third kappa shape index (κ3) is 5.25. The van der Waals surface area contributed by atoms with Gasteiger partial charge in [-0.25, -0.2) is 4.98 Å². The van der Waals surface area contributed by atoms with Gasteiger partial charge in [-0.3, -0.25) is 8.42 Å². The maximum atomic E-state index is 11.8. The van der Waals surface area contributed by atoms with Crippen molar-refractivity contribution in [2.45, 2.75) is 49.6 Å². The van der Waals surface area contributed by atoms with Crippen LogP contribution < -0.4 is 4.90 Å². The summed E-state index contributed by atoms with van der Waals surface area (Å²) in [6.45, 7) is 8.41. The van der Waals surface area contributed by atoms with Crippen LogP contribution in [-0.4, -0.2) is 48.2 Å². The molecule has 0 radical (unpaired) electrons. The summed E-state index contributed by atoms with van der Waals surface area (Å²) in [6, 6.07) is 15.4. The SMILES string of the molecule is CC(C)N(c1nnc(-c2ccc(S(C)=O)cc2)c(-c2ccc(S(C)=O)cc2)n1)C(C)C. The maximum absolute atomic E-state index is 11.8. The quantitative estimate of drug-likeness (QED) is 0.527. The highest BCUT2D eigenvalue weighted by molar-refractivity contribution is 7.84. The number of aromatic nitrogens is 3. The van der Waals surface area contributed by atoms with E-state index in [0.29, 0.717) is 17.3 Å². The zero-order valence-electron chi connectivity index (χ0n) is 18.7. The average Bonchev–Trinajstić information content (AvgIpc) is 2.73. The number of anilines is 1. The summed E-state index contributed by atoms with van der Waals surface area (Å²) in [5, 5.41) is 9.00. The van der Waals surface area contributed by atoms with Crippen LogP contribution >= 0.6 is 0 Å². The largest absolute Gasteiger partial charge is 0.335 e. The van der Waals surface area contributed by atoms with Gasteiger partial charge in [-0.05, 0) is 52.0 Å². The van der Waals surface area contributed by atoms with Gasteiger partial charge >= 0.3 is 0 Å². The molecule has 2 aromatic carbocycles. The molecule has 0 bridgehead atoms. The van der Waals surface area contributed by atoms with Gasteiger partial charge in [0.25, 0.3) is 0 Å². The molecular formula is C23H28N4O2S2. The Morgan fingerprint density at radius 2 is 1.10 bits per heavy atom. The van der Waals surface area contributed by atoms with E-state index in [9.17, 15) is 8.42 Å². The number of rotatable bonds is 7. The Hall–Kier alpha value is -2.45. The summed E-state index contributed by atoms with van der Waals surface area (Å²) >= 11 is 0. The predicted octanol–water partition coefficient (Wildman–Crippen LogP) is 4.30. The van der Waals surface area contributed by atoms with Gasteiger partial charge in [-0.1, -0.05) is 24.3 Å². The molecule has 0 aliphatic carbocycles. The zero-order valence-corrected chi connectivity index (χ0v) is 20.3. The van der Waals surface area contributed by atoms with Crippen molar-refractivity contribution in [2.75, 3.05) is 17.4 Å². The first-order valence-corrected chi connectivity index (χ1v) is 13.2. The predicted molar refractivity (Wildman–Crippen MR) is 128 cm³/mol. The minimum atomic E-state index is -1.05. The van der Waals surface area contributed by atoms with Gasteiger partial charge in [0.2, 0.25) is 5.95 Å². The van der Waals surface area contributed by atoms with Crippen LogP contribution in [0.5, 0.6) is 0 Å². The Labute approximate surface area is 189 Å². The van der Waals surface area contributed by atoms with Gasteiger partial charge in [0.05, 0.1) is 0 Å². The molecule has 31 heavy (non-hydrogen) atoms. The average molecular weight is 457 g/mol. The van der Waals surface area contributed by atoms with E-state index in [-0.39, 0.29) is 12.1 Å². The van der Waals surface area contributed by atoms with Crippen LogP contribution in [0.3, 0.4) is 0 Å². The molecule has 0 N–H and O–H groups in total. The van der Waals surface area contributed by atoms with Crippen LogP contribution in [0, 0.1) is 0 Å². The van der Waals surface area contributed by atoms with Crippen molar-refractivity contribution in [1.29, 1.82) is 0 Å². The fraction of sp³-hybridized carbons (Fsp3) is 0.348. The molecule has 0 aliphatic rings. The van der Waals surface area contributed by atoms with E-state index in [0.717, 1.165) is 20.9 Å². The molecule has 0 fully saturated rings. The second kappa shape index (κ2) is 9.78. The fourth-order valence-corrected chi connectivity index (χ4v) is 4.53. The summed E-state index contributed by atoms with van der Waals surface area (Å²) < 4.78 is 23.6. The second-order valence-corrected chi connectivity index (χ2v) is 10.6. The fourth-order valence-electron chi connectivity index (χ4n) is 3.49. The molecule has 0 saturated heterocycles. The molecule has 0 amide bonds. The zero-order chi connectivity index (χ0) is 22.7. The lowest BCUT2D eigenvalue weighted by Gasteiger charge is -2.30. The summed E-state index contributed by atoms with van der Waals surface area (Å²) in [7, 11) is -2.10. The van der Waals surface area contributed by atoms with Crippen molar-refractivity contribution in [3.63, 3.8) is 0 Å². The third-order valence-corrected chi connectivity index (χ3v) is 6.81. The first-order valence-electron chi connectivity index (χ1n) is 10.1. The van der Waals surface area contributed by atoms with Crippen molar-refractivity contribution in [3.05, 3.63) is 48.5 Å². The number of hydrogen-bond donors (Lipinski definition) is 0. The Kier molecular flexibility index (Phi) is 7.33.